The molecule has 0 spiro atoms. The van der Waals surface area contributed by atoms with E-state index < -0.39 is 6.10 Å². The van der Waals surface area contributed by atoms with Crippen LogP contribution in [0.3, 0.4) is 0 Å². The van der Waals surface area contributed by atoms with E-state index in [1.54, 1.807) is 11.3 Å². The molecular formula is C14H23N3O2S. The average Bonchev–Trinajstić information content (AvgIpc) is 2.89. The molecular weight excluding hydrogens is 274 g/mol. The molecule has 2 atom stereocenters. The van der Waals surface area contributed by atoms with Gasteiger partial charge < -0.3 is 15.7 Å². The number of hydrogen-bond donors (Lipinski definition) is 3. The van der Waals surface area contributed by atoms with Crippen LogP contribution in [-0.2, 0) is 12.8 Å². The van der Waals surface area contributed by atoms with E-state index in [1.807, 2.05) is 6.20 Å². The number of aromatic nitrogens is 1. The number of aryl methyl sites for hydroxylation is 1. The number of rotatable bonds is 5. The number of hydrogen-bond acceptors (Lipinski definition) is 4. The predicted octanol–water partition coefficient (Wildman–Crippen LogP) is 1.85. The van der Waals surface area contributed by atoms with E-state index in [4.69, 9.17) is 0 Å². The summed E-state index contributed by atoms with van der Waals surface area (Å²) in [6, 6.07) is -0.293. The zero-order chi connectivity index (χ0) is 14.4. The standard InChI is InChI=1S/C14H23N3O2S/c1-2-10-9-16-13(20-10)7-8-15-14(19)17-11-5-3-4-6-12(11)18/h9,11-12,18H,2-8H2,1H3,(H2,15,17,19). The van der Waals surface area contributed by atoms with Crippen molar-refractivity contribution in [2.75, 3.05) is 6.54 Å². The Labute approximate surface area is 123 Å². The third-order valence-corrected chi connectivity index (χ3v) is 4.82. The second-order valence-electron chi connectivity index (χ2n) is 5.18. The van der Waals surface area contributed by atoms with Gasteiger partial charge in [-0.15, -0.1) is 11.3 Å². The molecule has 2 unspecified atom stereocenters. The van der Waals surface area contributed by atoms with Crippen LogP contribution in [0, 0.1) is 0 Å². The van der Waals surface area contributed by atoms with E-state index in [0.717, 1.165) is 43.5 Å². The Morgan fingerprint density at radius 2 is 2.30 bits per heavy atom. The van der Waals surface area contributed by atoms with Crippen LogP contribution in [-0.4, -0.2) is 34.8 Å². The quantitative estimate of drug-likeness (QED) is 0.776. The molecule has 2 rings (SSSR count). The Bertz CT molecular complexity index is 436. The molecule has 112 valence electrons. The van der Waals surface area contributed by atoms with Crippen molar-refractivity contribution in [3.63, 3.8) is 0 Å². The van der Waals surface area contributed by atoms with E-state index in [1.165, 1.54) is 4.88 Å². The third-order valence-electron chi connectivity index (χ3n) is 3.62. The molecule has 1 aromatic rings. The van der Waals surface area contributed by atoms with Crippen LogP contribution >= 0.6 is 11.3 Å². The molecule has 1 aromatic heterocycles. The number of amides is 2. The van der Waals surface area contributed by atoms with Gasteiger partial charge in [-0.1, -0.05) is 19.8 Å². The lowest BCUT2D eigenvalue weighted by atomic mass is 9.93. The minimum Gasteiger partial charge on any atom is -0.391 e. The van der Waals surface area contributed by atoms with Gasteiger partial charge in [-0.25, -0.2) is 9.78 Å². The molecule has 1 fully saturated rings. The van der Waals surface area contributed by atoms with Gasteiger partial charge in [0.1, 0.15) is 0 Å². The SMILES string of the molecule is CCc1cnc(CCNC(=O)NC2CCCCC2O)s1. The Balaban J connectivity index is 1.67. The van der Waals surface area contributed by atoms with Crippen molar-refractivity contribution in [2.45, 2.75) is 57.6 Å². The summed E-state index contributed by atoms with van der Waals surface area (Å²) in [6.07, 6.45) is 7.02. The Morgan fingerprint density at radius 3 is 3.00 bits per heavy atom. The number of nitrogens with one attached hydrogen (secondary N) is 2. The zero-order valence-corrected chi connectivity index (χ0v) is 12.7. The summed E-state index contributed by atoms with van der Waals surface area (Å²) in [7, 11) is 0. The number of urea groups is 1. The van der Waals surface area contributed by atoms with Crippen molar-refractivity contribution in [3.05, 3.63) is 16.1 Å². The molecule has 3 N–H and O–H groups in total. The average molecular weight is 297 g/mol. The minimum atomic E-state index is -0.402. The van der Waals surface area contributed by atoms with E-state index >= 15 is 0 Å². The van der Waals surface area contributed by atoms with Crippen molar-refractivity contribution < 1.29 is 9.90 Å². The highest BCUT2D eigenvalue weighted by molar-refractivity contribution is 7.11. The molecule has 1 aliphatic rings. The summed E-state index contributed by atoms with van der Waals surface area (Å²) in [4.78, 5) is 17.3. The fourth-order valence-electron chi connectivity index (χ4n) is 2.41. The van der Waals surface area contributed by atoms with E-state index in [-0.39, 0.29) is 12.1 Å². The first kappa shape index (κ1) is 15.3. The molecule has 2 amide bonds. The summed E-state index contributed by atoms with van der Waals surface area (Å²) >= 11 is 1.70. The second kappa shape index (κ2) is 7.59. The van der Waals surface area contributed by atoms with Gasteiger partial charge in [0.25, 0.3) is 0 Å². The van der Waals surface area contributed by atoms with Crippen LogP contribution in [0.2, 0.25) is 0 Å². The Morgan fingerprint density at radius 1 is 1.50 bits per heavy atom. The van der Waals surface area contributed by atoms with Gasteiger partial charge in [0.05, 0.1) is 17.2 Å². The third kappa shape index (κ3) is 4.45. The highest BCUT2D eigenvalue weighted by Gasteiger charge is 2.24. The second-order valence-corrected chi connectivity index (χ2v) is 6.38. The van der Waals surface area contributed by atoms with E-state index in [2.05, 4.69) is 22.5 Å². The molecule has 6 heteroatoms. The van der Waals surface area contributed by atoms with Crippen LogP contribution in [0.25, 0.3) is 0 Å². The number of aliphatic hydroxyl groups is 1. The van der Waals surface area contributed by atoms with E-state index in [0.29, 0.717) is 6.54 Å². The van der Waals surface area contributed by atoms with Gasteiger partial charge in [-0.3, -0.25) is 0 Å². The van der Waals surface area contributed by atoms with Crippen LogP contribution in [0.5, 0.6) is 0 Å². The number of thiazole rings is 1. The summed E-state index contributed by atoms with van der Waals surface area (Å²) < 4.78 is 0. The first-order chi connectivity index (χ1) is 9.69. The molecule has 5 nitrogen and oxygen atoms in total. The smallest absolute Gasteiger partial charge is 0.315 e. The Hall–Kier alpha value is -1.14. The highest BCUT2D eigenvalue weighted by atomic mass is 32.1. The summed E-state index contributed by atoms with van der Waals surface area (Å²) in [5.41, 5.74) is 0. The lowest BCUT2D eigenvalue weighted by molar-refractivity contribution is 0.0943. The molecule has 1 aliphatic carbocycles. The van der Waals surface area contributed by atoms with Crippen molar-refractivity contribution >= 4 is 17.4 Å². The fraction of sp³-hybridized carbons (Fsp3) is 0.714. The lowest BCUT2D eigenvalue weighted by Crippen LogP contribution is -2.49. The Kier molecular flexibility index (Phi) is 5.79. The first-order valence-corrected chi connectivity index (χ1v) is 8.16. The molecule has 0 aromatic carbocycles. The van der Waals surface area contributed by atoms with Crippen LogP contribution in [0.1, 0.15) is 42.5 Å². The van der Waals surface area contributed by atoms with Gasteiger partial charge in [0.15, 0.2) is 0 Å². The molecule has 1 heterocycles. The van der Waals surface area contributed by atoms with E-state index in [9.17, 15) is 9.90 Å². The molecule has 0 aliphatic heterocycles. The molecule has 0 bridgehead atoms. The maximum absolute atomic E-state index is 11.8. The summed E-state index contributed by atoms with van der Waals surface area (Å²) in [6.45, 7) is 2.68. The number of nitrogens with zero attached hydrogens (tertiary/aromatic N) is 1. The first-order valence-electron chi connectivity index (χ1n) is 7.35. The number of aliphatic hydroxyl groups excluding tert-OH is 1. The predicted molar refractivity (Wildman–Crippen MR) is 80.0 cm³/mol. The van der Waals surface area contributed by atoms with Crippen molar-refractivity contribution in [1.29, 1.82) is 0 Å². The normalized spacial score (nSPS) is 22.5. The monoisotopic (exact) mass is 297 g/mol. The van der Waals surface area contributed by atoms with Crippen molar-refractivity contribution in [1.82, 2.24) is 15.6 Å². The van der Waals surface area contributed by atoms with Crippen LogP contribution in [0.15, 0.2) is 6.20 Å². The van der Waals surface area contributed by atoms with Gasteiger partial charge in [0, 0.05) is 24.0 Å². The molecule has 1 saturated carbocycles. The summed E-state index contributed by atoms with van der Waals surface area (Å²) in [5, 5.41) is 16.5. The maximum atomic E-state index is 11.8. The highest BCUT2D eigenvalue weighted by Crippen LogP contribution is 2.18. The van der Waals surface area contributed by atoms with Gasteiger partial charge in [0.2, 0.25) is 0 Å². The topological polar surface area (TPSA) is 74.2 Å². The lowest BCUT2D eigenvalue weighted by Gasteiger charge is -2.28. The van der Waals surface area contributed by atoms with Gasteiger partial charge in [-0.2, -0.15) is 0 Å². The van der Waals surface area contributed by atoms with Gasteiger partial charge >= 0.3 is 6.03 Å². The molecule has 0 radical (unpaired) electrons. The number of carbonyl (C=O) groups is 1. The van der Waals surface area contributed by atoms with Crippen molar-refractivity contribution in [3.8, 4) is 0 Å². The molecule has 0 saturated heterocycles. The van der Waals surface area contributed by atoms with Gasteiger partial charge in [-0.05, 0) is 19.3 Å². The fourth-order valence-corrected chi connectivity index (χ4v) is 3.27. The molecule has 20 heavy (non-hydrogen) atoms. The van der Waals surface area contributed by atoms with Crippen LogP contribution < -0.4 is 10.6 Å². The van der Waals surface area contributed by atoms with Crippen molar-refractivity contribution in [2.24, 2.45) is 0 Å². The zero-order valence-electron chi connectivity index (χ0n) is 11.9. The summed E-state index contributed by atoms with van der Waals surface area (Å²) in [5.74, 6) is 0. The maximum Gasteiger partial charge on any atom is 0.315 e. The number of carbonyl (C=O) groups excluding carboxylic acids is 1. The minimum absolute atomic E-state index is 0.102. The van der Waals surface area contributed by atoms with Crippen LogP contribution in [0.4, 0.5) is 4.79 Å². The largest absolute Gasteiger partial charge is 0.391 e.